The molecule has 0 amide bonds. The minimum absolute atomic E-state index is 0.721. The van der Waals surface area contributed by atoms with E-state index in [-0.39, 0.29) is 0 Å². The highest BCUT2D eigenvalue weighted by Crippen LogP contribution is 2.38. The maximum atomic E-state index is 3.67. The van der Waals surface area contributed by atoms with Crippen LogP contribution in [-0.2, 0) is 0 Å². The molecule has 100 valence electrons. The zero-order valence-corrected chi connectivity index (χ0v) is 12.1. The molecule has 0 aromatic carbocycles. The molecule has 1 heterocycles. The summed E-state index contributed by atoms with van der Waals surface area (Å²) in [5, 5.41) is 3.67. The Morgan fingerprint density at radius 2 is 1.88 bits per heavy atom. The molecule has 0 aromatic heterocycles. The van der Waals surface area contributed by atoms with Gasteiger partial charge in [0.05, 0.1) is 0 Å². The number of nitrogens with one attached hydrogen (secondary N) is 1. The van der Waals surface area contributed by atoms with E-state index in [9.17, 15) is 0 Å². The van der Waals surface area contributed by atoms with Crippen molar-refractivity contribution in [2.45, 2.75) is 71.5 Å². The van der Waals surface area contributed by atoms with Gasteiger partial charge in [-0.3, -0.25) is 4.90 Å². The molecule has 2 rings (SSSR count). The molecule has 2 aliphatic rings. The Hall–Kier alpha value is -0.0800. The van der Waals surface area contributed by atoms with E-state index in [1.807, 2.05) is 0 Å². The fraction of sp³-hybridized carbons (Fsp3) is 1.00. The van der Waals surface area contributed by atoms with Crippen molar-refractivity contribution in [2.24, 2.45) is 11.8 Å². The predicted molar refractivity (Wildman–Crippen MR) is 74.2 cm³/mol. The molecular weight excluding hydrogens is 208 g/mol. The summed E-state index contributed by atoms with van der Waals surface area (Å²) >= 11 is 0. The van der Waals surface area contributed by atoms with E-state index in [2.05, 4.69) is 37.9 Å². The van der Waals surface area contributed by atoms with E-state index < -0.39 is 0 Å². The molecule has 1 N–H and O–H groups in total. The van der Waals surface area contributed by atoms with E-state index in [0.717, 1.165) is 30.0 Å². The van der Waals surface area contributed by atoms with Gasteiger partial charge in [-0.15, -0.1) is 0 Å². The molecule has 1 aliphatic carbocycles. The Bertz CT molecular complexity index is 241. The second kappa shape index (κ2) is 5.71. The summed E-state index contributed by atoms with van der Waals surface area (Å²) < 4.78 is 0. The van der Waals surface area contributed by atoms with Crippen LogP contribution in [0, 0.1) is 11.8 Å². The highest BCUT2D eigenvalue weighted by atomic mass is 15.3. The lowest BCUT2D eigenvalue weighted by Crippen LogP contribution is -2.58. The number of hydrogen-bond acceptors (Lipinski definition) is 2. The smallest absolute Gasteiger partial charge is 0.0196 e. The van der Waals surface area contributed by atoms with Crippen LogP contribution in [0.5, 0.6) is 0 Å². The summed E-state index contributed by atoms with van der Waals surface area (Å²) in [5.41, 5.74) is 0. The lowest BCUT2D eigenvalue weighted by atomic mass is 9.91. The normalized spacial score (nSPS) is 44.1. The lowest BCUT2D eigenvalue weighted by Gasteiger charge is -2.44. The van der Waals surface area contributed by atoms with E-state index >= 15 is 0 Å². The van der Waals surface area contributed by atoms with Gasteiger partial charge >= 0.3 is 0 Å². The van der Waals surface area contributed by atoms with Gasteiger partial charge in [-0.2, -0.15) is 0 Å². The first-order chi connectivity index (χ1) is 8.17. The van der Waals surface area contributed by atoms with E-state index in [0.29, 0.717) is 0 Å². The van der Waals surface area contributed by atoms with Crippen molar-refractivity contribution in [3.05, 3.63) is 0 Å². The van der Waals surface area contributed by atoms with Crippen molar-refractivity contribution in [2.75, 3.05) is 13.1 Å². The third kappa shape index (κ3) is 2.68. The lowest BCUT2D eigenvalue weighted by molar-refractivity contribution is 0.0673. The molecule has 2 fully saturated rings. The highest BCUT2D eigenvalue weighted by molar-refractivity contribution is 4.94. The molecule has 0 bridgehead atoms. The number of nitrogens with zero attached hydrogens (tertiary/aromatic N) is 1. The van der Waals surface area contributed by atoms with E-state index in [4.69, 9.17) is 0 Å². The Balaban J connectivity index is 2.00. The van der Waals surface area contributed by atoms with Crippen molar-refractivity contribution >= 4 is 0 Å². The minimum atomic E-state index is 0.721. The number of rotatable bonds is 3. The molecule has 1 aliphatic heterocycles. The fourth-order valence-corrected chi connectivity index (χ4v) is 3.96. The van der Waals surface area contributed by atoms with Crippen LogP contribution < -0.4 is 5.32 Å². The van der Waals surface area contributed by atoms with E-state index in [1.54, 1.807) is 0 Å². The third-order valence-corrected chi connectivity index (χ3v) is 5.33. The molecule has 5 unspecified atom stereocenters. The molecule has 1 saturated carbocycles. The van der Waals surface area contributed by atoms with Gasteiger partial charge in [0.25, 0.3) is 0 Å². The standard InChI is InChI=1S/C15H30N2/c1-5-13-7-8-15(12(13)4)17-10-14(6-2)16-9-11(17)3/h11-16H,5-10H2,1-4H3. The van der Waals surface area contributed by atoms with Crippen molar-refractivity contribution in [1.29, 1.82) is 0 Å². The molecule has 0 radical (unpaired) electrons. The number of piperazine rings is 1. The van der Waals surface area contributed by atoms with Gasteiger partial charge in [0.1, 0.15) is 0 Å². The first-order valence-corrected chi connectivity index (χ1v) is 7.66. The van der Waals surface area contributed by atoms with Gasteiger partial charge in [0, 0.05) is 31.2 Å². The molecule has 2 heteroatoms. The van der Waals surface area contributed by atoms with Crippen molar-refractivity contribution in [3.63, 3.8) is 0 Å². The van der Waals surface area contributed by atoms with E-state index in [1.165, 1.54) is 38.8 Å². The van der Waals surface area contributed by atoms with Gasteiger partial charge in [0.2, 0.25) is 0 Å². The second-order valence-electron chi connectivity index (χ2n) is 6.23. The molecule has 5 atom stereocenters. The zero-order chi connectivity index (χ0) is 12.4. The Labute approximate surface area is 107 Å². The van der Waals surface area contributed by atoms with Crippen molar-refractivity contribution < 1.29 is 0 Å². The van der Waals surface area contributed by atoms with Gasteiger partial charge < -0.3 is 5.32 Å². The maximum Gasteiger partial charge on any atom is 0.0196 e. The average Bonchev–Trinajstić information content (AvgIpc) is 2.71. The van der Waals surface area contributed by atoms with Crippen LogP contribution in [0.4, 0.5) is 0 Å². The third-order valence-electron chi connectivity index (χ3n) is 5.33. The molecule has 17 heavy (non-hydrogen) atoms. The minimum Gasteiger partial charge on any atom is -0.311 e. The number of hydrogen-bond donors (Lipinski definition) is 1. The Morgan fingerprint density at radius 1 is 1.12 bits per heavy atom. The van der Waals surface area contributed by atoms with Crippen LogP contribution in [0.25, 0.3) is 0 Å². The van der Waals surface area contributed by atoms with Crippen LogP contribution in [0.3, 0.4) is 0 Å². The fourth-order valence-electron chi connectivity index (χ4n) is 3.96. The van der Waals surface area contributed by atoms with Crippen molar-refractivity contribution in [1.82, 2.24) is 10.2 Å². The molecular formula is C15H30N2. The van der Waals surface area contributed by atoms with Crippen LogP contribution in [0.15, 0.2) is 0 Å². The second-order valence-corrected chi connectivity index (χ2v) is 6.23. The highest BCUT2D eigenvalue weighted by Gasteiger charge is 2.38. The first kappa shape index (κ1) is 13.4. The monoisotopic (exact) mass is 238 g/mol. The summed E-state index contributed by atoms with van der Waals surface area (Å²) in [6.07, 6.45) is 5.52. The summed E-state index contributed by atoms with van der Waals surface area (Å²) in [7, 11) is 0. The van der Waals surface area contributed by atoms with Crippen LogP contribution >= 0.6 is 0 Å². The predicted octanol–water partition coefficient (Wildman–Crippen LogP) is 2.88. The maximum absolute atomic E-state index is 3.67. The van der Waals surface area contributed by atoms with Gasteiger partial charge in [0.15, 0.2) is 0 Å². The summed E-state index contributed by atoms with van der Waals surface area (Å²) in [4.78, 5) is 2.81. The molecule has 1 saturated heterocycles. The SMILES string of the molecule is CCC1CN(C2CCC(CC)C2C)C(C)CN1. The molecule has 0 spiro atoms. The van der Waals surface area contributed by atoms with Gasteiger partial charge in [-0.05, 0) is 38.0 Å². The van der Waals surface area contributed by atoms with Crippen molar-refractivity contribution in [3.8, 4) is 0 Å². The largest absolute Gasteiger partial charge is 0.311 e. The van der Waals surface area contributed by atoms with Gasteiger partial charge in [-0.25, -0.2) is 0 Å². The van der Waals surface area contributed by atoms with Gasteiger partial charge in [-0.1, -0.05) is 27.2 Å². The topological polar surface area (TPSA) is 15.3 Å². The molecule has 2 nitrogen and oxygen atoms in total. The Morgan fingerprint density at radius 3 is 2.47 bits per heavy atom. The van der Waals surface area contributed by atoms with Crippen LogP contribution in [-0.4, -0.2) is 36.1 Å². The zero-order valence-electron chi connectivity index (χ0n) is 12.1. The average molecular weight is 238 g/mol. The summed E-state index contributed by atoms with van der Waals surface area (Å²) in [6.45, 7) is 12.0. The van der Waals surface area contributed by atoms with Crippen LogP contribution in [0.2, 0.25) is 0 Å². The quantitative estimate of drug-likeness (QED) is 0.813. The molecule has 0 aromatic rings. The van der Waals surface area contributed by atoms with Crippen LogP contribution in [0.1, 0.15) is 53.4 Å². The summed E-state index contributed by atoms with van der Waals surface area (Å²) in [6, 6.07) is 2.30. The first-order valence-electron chi connectivity index (χ1n) is 7.66. The summed E-state index contributed by atoms with van der Waals surface area (Å²) in [5.74, 6) is 1.88. The Kier molecular flexibility index (Phi) is 4.48.